The molecule has 5 heteroatoms. The van der Waals surface area contributed by atoms with Crippen LogP contribution in [-0.2, 0) is 0 Å². The lowest BCUT2D eigenvalue weighted by Gasteiger charge is -2.08. The second-order valence-electron chi connectivity index (χ2n) is 4.18. The van der Waals surface area contributed by atoms with Crippen molar-refractivity contribution in [2.45, 2.75) is 19.9 Å². The van der Waals surface area contributed by atoms with Crippen LogP contribution in [-0.4, -0.2) is 9.97 Å². The molecule has 1 unspecified atom stereocenters. The molecule has 1 aromatic carbocycles. The van der Waals surface area contributed by atoms with E-state index in [0.717, 1.165) is 21.3 Å². The first-order chi connectivity index (χ1) is 8.72. The third-order valence-corrected chi connectivity index (χ3v) is 4.75. The Morgan fingerprint density at radius 3 is 2.78 bits per heavy atom. The molecule has 2 heterocycles. The van der Waals surface area contributed by atoms with E-state index in [9.17, 15) is 0 Å². The zero-order valence-electron chi connectivity index (χ0n) is 10.2. The van der Waals surface area contributed by atoms with Gasteiger partial charge in [0.15, 0.2) is 5.13 Å². The van der Waals surface area contributed by atoms with Crippen LogP contribution in [0.1, 0.15) is 23.7 Å². The molecule has 0 amide bonds. The predicted octanol–water partition coefficient (Wildman–Crippen LogP) is 4.23. The molecule has 1 atom stereocenters. The standard InChI is InChI=1S/C13H13N3S2/c1-8-7-17-12(14-8)9(2)15-13-16-10-5-3-4-6-11(10)18-13/h3-7,9H,1-2H3,(H,15,16). The van der Waals surface area contributed by atoms with Crippen molar-refractivity contribution < 1.29 is 0 Å². The smallest absolute Gasteiger partial charge is 0.184 e. The van der Waals surface area contributed by atoms with Gasteiger partial charge in [0.25, 0.3) is 0 Å². The van der Waals surface area contributed by atoms with Crippen LogP contribution in [0.4, 0.5) is 5.13 Å². The van der Waals surface area contributed by atoms with Crippen molar-refractivity contribution in [1.29, 1.82) is 0 Å². The van der Waals surface area contributed by atoms with E-state index < -0.39 is 0 Å². The minimum absolute atomic E-state index is 0.198. The fourth-order valence-corrected chi connectivity index (χ4v) is 3.51. The lowest BCUT2D eigenvalue weighted by molar-refractivity contribution is 0.862. The quantitative estimate of drug-likeness (QED) is 0.777. The Labute approximate surface area is 114 Å². The number of aromatic nitrogens is 2. The third kappa shape index (κ3) is 2.23. The Bertz CT molecular complexity index is 638. The summed E-state index contributed by atoms with van der Waals surface area (Å²) in [5, 5.41) is 7.55. The highest BCUT2D eigenvalue weighted by atomic mass is 32.1. The Balaban J connectivity index is 1.83. The van der Waals surface area contributed by atoms with Crippen LogP contribution in [0.3, 0.4) is 0 Å². The van der Waals surface area contributed by atoms with Crippen molar-refractivity contribution in [1.82, 2.24) is 9.97 Å². The Kier molecular flexibility index (Phi) is 3.01. The van der Waals surface area contributed by atoms with E-state index in [2.05, 4.69) is 33.7 Å². The number of nitrogens with one attached hydrogen (secondary N) is 1. The molecule has 0 aliphatic heterocycles. The molecule has 18 heavy (non-hydrogen) atoms. The molecule has 3 nitrogen and oxygen atoms in total. The minimum atomic E-state index is 0.198. The maximum atomic E-state index is 4.57. The Hall–Kier alpha value is -1.46. The van der Waals surface area contributed by atoms with Gasteiger partial charge in [0.1, 0.15) is 5.01 Å². The van der Waals surface area contributed by atoms with Gasteiger partial charge in [-0.05, 0) is 26.0 Å². The first kappa shape index (κ1) is 11.6. The zero-order chi connectivity index (χ0) is 12.5. The molecule has 0 aliphatic rings. The number of para-hydroxylation sites is 1. The van der Waals surface area contributed by atoms with Crippen LogP contribution in [0.15, 0.2) is 29.6 Å². The average molecular weight is 275 g/mol. The van der Waals surface area contributed by atoms with Gasteiger partial charge in [0.2, 0.25) is 0 Å². The number of thiazole rings is 2. The summed E-state index contributed by atoms with van der Waals surface area (Å²) >= 11 is 3.37. The van der Waals surface area contributed by atoms with E-state index in [0.29, 0.717) is 0 Å². The monoisotopic (exact) mass is 275 g/mol. The van der Waals surface area contributed by atoms with Crippen LogP contribution >= 0.6 is 22.7 Å². The minimum Gasteiger partial charge on any atom is -0.353 e. The van der Waals surface area contributed by atoms with E-state index in [1.54, 1.807) is 22.7 Å². The second kappa shape index (κ2) is 4.66. The molecule has 0 radical (unpaired) electrons. The molecule has 0 bridgehead atoms. The van der Waals surface area contributed by atoms with E-state index >= 15 is 0 Å². The fourth-order valence-electron chi connectivity index (χ4n) is 1.75. The molecule has 0 spiro atoms. The summed E-state index contributed by atoms with van der Waals surface area (Å²) in [5.41, 5.74) is 2.13. The highest BCUT2D eigenvalue weighted by Crippen LogP contribution is 2.29. The van der Waals surface area contributed by atoms with Gasteiger partial charge in [0, 0.05) is 11.1 Å². The summed E-state index contributed by atoms with van der Waals surface area (Å²) in [7, 11) is 0. The molecular weight excluding hydrogens is 262 g/mol. The fraction of sp³-hybridized carbons (Fsp3) is 0.231. The van der Waals surface area contributed by atoms with E-state index in [-0.39, 0.29) is 6.04 Å². The first-order valence-electron chi connectivity index (χ1n) is 5.76. The lowest BCUT2D eigenvalue weighted by Crippen LogP contribution is -2.05. The number of anilines is 1. The summed E-state index contributed by atoms with van der Waals surface area (Å²) in [4.78, 5) is 9.06. The number of hydrogen-bond donors (Lipinski definition) is 1. The molecule has 0 saturated carbocycles. The highest BCUT2D eigenvalue weighted by Gasteiger charge is 2.11. The van der Waals surface area contributed by atoms with Crippen LogP contribution < -0.4 is 5.32 Å². The summed E-state index contributed by atoms with van der Waals surface area (Å²) in [6.45, 7) is 4.13. The summed E-state index contributed by atoms with van der Waals surface area (Å²) < 4.78 is 1.21. The first-order valence-corrected chi connectivity index (χ1v) is 7.46. The maximum Gasteiger partial charge on any atom is 0.184 e. The van der Waals surface area contributed by atoms with Crippen molar-refractivity contribution in [3.8, 4) is 0 Å². The normalized spacial score (nSPS) is 12.8. The average Bonchev–Trinajstić information content (AvgIpc) is 2.94. The van der Waals surface area contributed by atoms with Crippen molar-refractivity contribution in [3.05, 3.63) is 40.3 Å². The van der Waals surface area contributed by atoms with Crippen molar-refractivity contribution >= 4 is 38.0 Å². The topological polar surface area (TPSA) is 37.8 Å². The number of aryl methyl sites for hydroxylation is 1. The van der Waals surface area contributed by atoms with Gasteiger partial charge in [-0.1, -0.05) is 23.5 Å². The molecule has 92 valence electrons. The van der Waals surface area contributed by atoms with Gasteiger partial charge in [-0.3, -0.25) is 0 Å². The van der Waals surface area contributed by atoms with E-state index in [1.165, 1.54) is 4.70 Å². The number of rotatable bonds is 3. The molecule has 2 aromatic heterocycles. The molecule has 3 rings (SSSR count). The van der Waals surface area contributed by atoms with Crippen LogP contribution in [0.25, 0.3) is 10.2 Å². The number of benzene rings is 1. The van der Waals surface area contributed by atoms with Gasteiger partial charge in [-0.15, -0.1) is 11.3 Å². The van der Waals surface area contributed by atoms with E-state index in [1.807, 2.05) is 25.1 Å². The van der Waals surface area contributed by atoms with Gasteiger partial charge in [-0.25, -0.2) is 9.97 Å². The van der Waals surface area contributed by atoms with Crippen LogP contribution in [0.5, 0.6) is 0 Å². The van der Waals surface area contributed by atoms with Gasteiger partial charge in [0.05, 0.1) is 16.3 Å². The number of nitrogens with zero attached hydrogens (tertiary/aromatic N) is 2. The molecule has 0 fully saturated rings. The summed E-state index contributed by atoms with van der Waals surface area (Å²) in [6.07, 6.45) is 0. The SMILES string of the molecule is Cc1csc(C(C)Nc2nc3ccccc3s2)n1. The Morgan fingerprint density at radius 2 is 2.06 bits per heavy atom. The van der Waals surface area contributed by atoms with Crippen molar-refractivity contribution in [3.63, 3.8) is 0 Å². The molecule has 3 aromatic rings. The van der Waals surface area contributed by atoms with Crippen LogP contribution in [0.2, 0.25) is 0 Å². The zero-order valence-corrected chi connectivity index (χ0v) is 11.8. The summed E-state index contributed by atoms with van der Waals surface area (Å²) in [5.74, 6) is 0. The van der Waals surface area contributed by atoms with Crippen LogP contribution in [0, 0.1) is 6.92 Å². The molecule has 1 N–H and O–H groups in total. The van der Waals surface area contributed by atoms with Gasteiger partial charge < -0.3 is 5.32 Å². The molecular formula is C13H13N3S2. The lowest BCUT2D eigenvalue weighted by atomic mass is 10.3. The largest absolute Gasteiger partial charge is 0.353 e. The van der Waals surface area contributed by atoms with Crippen molar-refractivity contribution in [2.75, 3.05) is 5.32 Å². The predicted molar refractivity (Wildman–Crippen MR) is 78.5 cm³/mol. The molecule has 0 saturated heterocycles. The van der Waals surface area contributed by atoms with E-state index in [4.69, 9.17) is 0 Å². The maximum absolute atomic E-state index is 4.57. The third-order valence-electron chi connectivity index (χ3n) is 2.64. The van der Waals surface area contributed by atoms with Crippen molar-refractivity contribution in [2.24, 2.45) is 0 Å². The van der Waals surface area contributed by atoms with Gasteiger partial charge >= 0.3 is 0 Å². The Morgan fingerprint density at radius 1 is 1.22 bits per heavy atom. The number of hydrogen-bond acceptors (Lipinski definition) is 5. The molecule has 0 aliphatic carbocycles. The second-order valence-corrected chi connectivity index (χ2v) is 6.10. The van der Waals surface area contributed by atoms with Gasteiger partial charge in [-0.2, -0.15) is 0 Å². The highest BCUT2D eigenvalue weighted by molar-refractivity contribution is 7.22. The number of fused-ring (bicyclic) bond motifs is 1. The summed E-state index contributed by atoms with van der Waals surface area (Å²) in [6, 6.07) is 8.38.